The summed E-state index contributed by atoms with van der Waals surface area (Å²) in [5, 5.41) is 0. The highest BCUT2D eigenvalue weighted by atomic mass is 15.4. The van der Waals surface area contributed by atoms with Crippen molar-refractivity contribution in [2.24, 2.45) is 5.92 Å². The molecule has 2 nitrogen and oxygen atoms in total. The summed E-state index contributed by atoms with van der Waals surface area (Å²) in [7, 11) is 0. The molecular weight excluding hydrogens is 316 g/mol. The molecule has 2 heteroatoms. The molecule has 1 heterocycles. The van der Waals surface area contributed by atoms with E-state index in [1.807, 2.05) is 0 Å². The van der Waals surface area contributed by atoms with Crippen LogP contribution < -0.4 is 0 Å². The molecule has 0 fully saturated rings. The Morgan fingerprint density at radius 2 is 0.962 bits per heavy atom. The predicted octanol–water partition coefficient (Wildman–Crippen LogP) is 7.56. The molecular formula is C24H48N2. The van der Waals surface area contributed by atoms with Crippen molar-refractivity contribution in [1.82, 2.24) is 9.80 Å². The molecule has 1 atom stereocenters. The average Bonchev–Trinajstić information content (AvgIpc) is 3.04. The first-order chi connectivity index (χ1) is 12.7. The zero-order chi connectivity index (χ0) is 19.0. The van der Waals surface area contributed by atoms with E-state index in [1.165, 1.54) is 103 Å². The fraction of sp³-hybridized carbons (Fsp3) is 0.917. The Hall–Kier alpha value is -0.660. The van der Waals surface area contributed by atoms with Gasteiger partial charge in [0.1, 0.15) is 6.17 Å². The lowest BCUT2D eigenvalue weighted by Crippen LogP contribution is -2.43. The molecule has 0 aromatic rings. The van der Waals surface area contributed by atoms with Crippen LogP contribution in [0.2, 0.25) is 0 Å². The summed E-state index contributed by atoms with van der Waals surface area (Å²) in [6.45, 7) is 11.8. The second-order valence-corrected chi connectivity index (χ2v) is 8.67. The van der Waals surface area contributed by atoms with E-state index in [4.69, 9.17) is 0 Å². The van der Waals surface area contributed by atoms with Gasteiger partial charge in [-0.05, 0) is 18.8 Å². The summed E-state index contributed by atoms with van der Waals surface area (Å²) in [5.74, 6) is 0.694. The van der Waals surface area contributed by atoms with Crippen LogP contribution >= 0.6 is 0 Å². The molecule has 0 aliphatic carbocycles. The van der Waals surface area contributed by atoms with Crippen LogP contribution in [0.3, 0.4) is 0 Å². The van der Waals surface area contributed by atoms with E-state index < -0.39 is 0 Å². The summed E-state index contributed by atoms with van der Waals surface area (Å²) in [6, 6.07) is 0. The maximum Gasteiger partial charge on any atom is 0.103 e. The van der Waals surface area contributed by atoms with Crippen LogP contribution in [-0.2, 0) is 0 Å². The molecule has 0 bridgehead atoms. The molecule has 0 saturated heterocycles. The number of unbranched alkanes of at least 4 members (excludes halogenated alkanes) is 12. The smallest absolute Gasteiger partial charge is 0.103 e. The molecule has 1 aliphatic heterocycles. The Balaban J connectivity index is 2.01. The Morgan fingerprint density at radius 1 is 0.577 bits per heavy atom. The third kappa shape index (κ3) is 9.88. The molecule has 0 aromatic heterocycles. The zero-order valence-electron chi connectivity index (χ0n) is 18.5. The van der Waals surface area contributed by atoms with E-state index in [1.54, 1.807) is 0 Å². The van der Waals surface area contributed by atoms with Gasteiger partial charge in [-0.15, -0.1) is 0 Å². The lowest BCUT2D eigenvalue weighted by molar-refractivity contribution is 0.104. The second kappa shape index (κ2) is 15.4. The molecule has 1 aliphatic rings. The van der Waals surface area contributed by atoms with Gasteiger partial charge in [0.2, 0.25) is 0 Å². The van der Waals surface area contributed by atoms with Crippen LogP contribution in [0.4, 0.5) is 0 Å². The molecule has 1 unspecified atom stereocenters. The van der Waals surface area contributed by atoms with Crippen LogP contribution in [-0.4, -0.2) is 29.1 Å². The number of nitrogens with zero attached hydrogens (tertiary/aromatic N) is 2. The third-order valence-corrected chi connectivity index (χ3v) is 5.77. The van der Waals surface area contributed by atoms with Gasteiger partial charge in [0, 0.05) is 25.5 Å². The van der Waals surface area contributed by atoms with Crippen LogP contribution in [0.1, 0.15) is 118 Å². The van der Waals surface area contributed by atoms with Crippen molar-refractivity contribution in [3.05, 3.63) is 12.4 Å². The van der Waals surface area contributed by atoms with Crippen molar-refractivity contribution in [2.45, 2.75) is 124 Å². The number of hydrogen-bond donors (Lipinski definition) is 0. The van der Waals surface area contributed by atoms with E-state index in [0.29, 0.717) is 12.1 Å². The minimum absolute atomic E-state index is 0.592. The maximum absolute atomic E-state index is 2.59. The van der Waals surface area contributed by atoms with Crippen molar-refractivity contribution in [2.75, 3.05) is 13.1 Å². The maximum atomic E-state index is 2.59. The standard InChI is InChI=1S/C24H48N2/c1-5-7-9-10-11-12-13-14-15-16-17-18-20-26-22-21-25(19-8-6-2)24(26)23(3)4/h21-24H,5-20H2,1-4H3. The third-order valence-electron chi connectivity index (χ3n) is 5.77. The molecule has 26 heavy (non-hydrogen) atoms. The van der Waals surface area contributed by atoms with Gasteiger partial charge in [0.05, 0.1) is 0 Å². The summed E-state index contributed by atoms with van der Waals surface area (Å²) in [5.41, 5.74) is 0. The predicted molar refractivity (Wildman–Crippen MR) is 117 cm³/mol. The molecule has 0 saturated carbocycles. The summed E-state index contributed by atoms with van der Waals surface area (Å²) in [6.07, 6.45) is 25.0. The first-order valence-electron chi connectivity index (χ1n) is 11.9. The highest BCUT2D eigenvalue weighted by molar-refractivity contribution is 4.98. The highest BCUT2D eigenvalue weighted by Gasteiger charge is 2.27. The summed E-state index contributed by atoms with van der Waals surface area (Å²) >= 11 is 0. The van der Waals surface area contributed by atoms with Gasteiger partial charge >= 0.3 is 0 Å². The highest BCUT2D eigenvalue weighted by Crippen LogP contribution is 2.24. The van der Waals surface area contributed by atoms with Crippen molar-refractivity contribution in [3.63, 3.8) is 0 Å². The molecule has 154 valence electrons. The van der Waals surface area contributed by atoms with E-state index >= 15 is 0 Å². The van der Waals surface area contributed by atoms with Gasteiger partial charge in [-0.1, -0.05) is 105 Å². The van der Waals surface area contributed by atoms with Gasteiger partial charge in [-0.2, -0.15) is 0 Å². The minimum Gasteiger partial charge on any atom is -0.356 e. The van der Waals surface area contributed by atoms with Crippen molar-refractivity contribution < 1.29 is 0 Å². The van der Waals surface area contributed by atoms with Gasteiger partial charge in [-0.25, -0.2) is 0 Å². The van der Waals surface area contributed by atoms with Crippen LogP contribution in [0.15, 0.2) is 12.4 Å². The van der Waals surface area contributed by atoms with Crippen LogP contribution in [0.25, 0.3) is 0 Å². The topological polar surface area (TPSA) is 6.48 Å². The molecule has 0 N–H and O–H groups in total. The Morgan fingerprint density at radius 3 is 1.38 bits per heavy atom. The van der Waals surface area contributed by atoms with E-state index in [2.05, 4.69) is 49.9 Å². The first-order valence-corrected chi connectivity index (χ1v) is 11.9. The quantitative estimate of drug-likeness (QED) is 0.246. The summed E-state index contributed by atoms with van der Waals surface area (Å²) < 4.78 is 0. The summed E-state index contributed by atoms with van der Waals surface area (Å²) in [4.78, 5) is 5.16. The molecule has 0 amide bonds. The Labute approximate surface area is 165 Å². The Kier molecular flexibility index (Phi) is 13.9. The fourth-order valence-corrected chi connectivity index (χ4v) is 4.19. The molecule has 0 aromatic carbocycles. The van der Waals surface area contributed by atoms with Gasteiger partial charge in [0.15, 0.2) is 0 Å². The largest absolute Gasteiger partial charge is 0.356 e. The van der Waals surface area contributed by atoms with Crippen molar-refractivity contribution in [1.29, 1.82) is 0 Å². The lowest BCUT2D eigenvalue weighted by Gasteiger charge is -2.35. The Bertz CT molecular complexity index is 337. The molecule has 0 spiro atoms. The van der Waals surface area contributed by atoms with Crippen molar-refractivity contribution in [3.8, 4) is 0 Å². The zero-order valence-corrected chi connectivity index (χ0v) is 18.5. The van der Waals surface area contributed by atoms with Crippen LogP contribution in [0.5, 0.6) is 0 Å². The second-order valence-electron chi connectivity index (χ2n) is 8.67. The SMILES string of the molecule is CCCCCCCCCCCCCCN1C=CN(CCCC)C1C(C)C. The van der Waals surface area contributed by atoms with E-state index in [0.717, 1.165) is 0 Å². The van der Waals surface area contributed by atoms with Crippen LogP contribution in [0, 0.1) is 5.92 Å². The first kappa shape index (κ1) is 23.4. The number of rotatable bonds is 17. The average molecular weight is 365 g/mol. The molecule has 1 rings (SSSR count). The van der Waals surface area contributed by atoms with Crippen molar-refractivity contribution >= 4 is 0 Å². The van der Waals surface area contributed by atoms with E-state index in [-0.39, 0.29) is 0 Å². The fourth-order valence-electron chi connectivity index (χ4n) is 4.19. The van der Waals surface area contributed by atoms with Gasteiger partial charge < -0.3 is 9.80 Å². The van der Waals surface area contributed by atoms with E-state index in [9.17, 15) is 0 Å². The molecule has 0 radical (unpaired) electrons. The van der Waals surface area contributed by atoms with Gasteiger partial charge in [0.25, 0.3) is 0 Å². The van der Waals surface area contributed by atoms with Gasteiger partial charge in [-0.3, -0.25) is 0 Å². The lowest BCUT2D eigenvalue weighted by atomic mass is 10.0. The number of hydrogen-bond acceptors (Lipinski definition) is 2. The monoisotopic (exact) mass is 364 g/mol. The normalized spacial score (nSPS) is 17.0. The minimum atomic E-state index is 0.592.